The predicted molar refractivity (Wildman–Crippen MR) is 64.7 cm³/mol. The molecule has 0 atom stereocenters. The van der Waals surface area contributed by atoms with E-state index < -0.39 is 0 Å². The summed E-state index contributed by atoms with van der Waals surface area (Å²) in [5.74, 6) is 0.317. The van der Waals surface area contributed by atoms with E-state index in [4.69, 9.17) is 4.42 Å². The highest BCUT2D eigenvalue weighted by molar-refractivity contribution is 5.78. The number of nitrogens with zero attached hydrogens (tertiary/aromatic N) is 1. The fraction of sp³-hybridized carbons (Fsp3) is 0.500. The molecular weight excluding hydrogens is 236 g/mol. The van der Waals surface area contributed by atoms with Gasteiger partial charge in [-0.1, -0.05) is 0 Å². The molecule has 1 amide bonds. The van der Waals surface area contributed by atoms with E-state index in [2.05, 4.69) is 10.1 Å². The minimum Gasteiger partial charge on any atom is -0.469 e. The third-order valence-corrected chi connectivity index (χ3v) is 2.38. The van der Waals surface area contributed by atoms with E-state index in [9.17, 15) is 9.59 Å². The second-order valence-electron chi connectivity index (χ2n) is 3.92. The van der Waals surface area contributed by atoms with E-state index >= 15 is 0 Å². The van der Waals surface area contributed by atoms with Gasteiger partial charge in [-0.3, -0.25) is 14.5 Å². The smallest absolute Gasteiger partial charge is 0.306 e. The van der Waals surface area contributed by atoms with Gasteiger partial charge in [-0.2, -0.15) is 0 Å². The average molecular weight is 254 g/mol. The summed E-state index contributed by atoms with van der Waals surface area (Å²) in [4.78, 5) is 24.2. The summed E-state index contributed by atoms with van der Waals surface area (Å²) in [6, 6.07) is 3.56. The zero-order valence-electron chi connectivity index (χ0n) is 10.6. The molecule has 0 aliphatic heterocycles. The van der Waals surface area contributed by atoms with Crippen LogP contribution in [0, 0.1) is 0 Å². The molecule has 0 aliphatic rings. The van der Waals surface area contributed by atoms with E-state index in [0.717, 1.165) is 0 Å². The molecule has 1 rings (SSSR count). The number of rotatable bonds is 7. The molecule has 1 aromatic heterocycles. The number of hydrogen-bond acceptors (Lipinski definition) is 5. The first-order valence-corrected chi connectivity index (χ1v) is 5.66. The molecule has 1 aromatic rings. The van der Waals surface area contributed by atoms with Crippen LogP contribution in [0.25, 0.3) is 0 Å². The van der Waals surface area contributed by atoms with Crippen molar-refractivity contribution >= 4 is 11.9 Å². The fourth-order valence-electron chi connectivity index (χ4n) is 1.36. The molecule has 1 N–H and O–H groups in total. The zero-order valence-corrected chi connectivity index (χ0v) is 10.6. The number of methoxy groups -OCH3 is 1. The Morgan fingerprint density at radius 1 is 1.50 bits per heavy atom. The molecule has 0 saturated carbocycles. The van der Waals surface area contributed by atoms with Crippen LogP contribution in [-0.2, 0) is 20.9 Å². The summed E-state index contributed by atoms with van der Waals surface area (Å²) >= 11 is 0. The first kappa shape index (κ1) is 14.2. The van der Waals surface area contributed by atoms with Gasteiger partial charge in [0.25, 0.3) is 0 Å². The summed E-state index contributed by atoms with van der Waals surface area (Å²) < 4.78 is 9.62. The Morgan fingerprint density at radius 2 is 2.28 bits per heavy atom. The zero-order chi connectivity index (χ0) is 13.4. The van der Waals surface area contributed by atoms with Gasteiger partial charge in [-0.25, -0.2) is 0 Å². The van der Waals surface area contributed by atoms with Crippen LogP contribution in [0.2, 0.25) is 0 Å². The highest BCUT2D eigenvalue weighted by Crippen LogP contribution is 1.98. The Kier molecular flexibility index (Phi) is 5.93. The highest BCUT2D eigenvalue weighted by Gasteiger charge is 2.09. The summed E-state index contributed by atoms with van der Waals surface area (Å²) in [5, 5.41) is 2.73. The van der Waals surface area contributed by atoms with Crippen LogP contribution in [-0.4, -0.2) is 44.0 Å². The molecule has 0 radical (unpaired) electrons. The minimum atomic E-state index is -0.280. The number of carbonyl (C=O) groups is 2. The molecule has 0 bridgehead atoms. The topological polar surface area (TPSA) is 71.8 Å². The third kappa shape index (κ3) is 5.49. The molecular formula is C12H18N2O4. The van der Waals surface area contributed by atoms with Crippen molar-refractivity contribution in [2.45, 2.75) is 13.0 Å². The Balaban J connectivity index is 2.17. The Hall–Kier alpha value is -1.82. The molecule has 1 heterocycles. The van der Waals surface area contributed by atoms with Crippen molar-refractivity contribution in [3.8, 4) is 0 Å². The molecule has 6 heteroatoms. The van der Waals surface area contributed by atoms with Crippen LogP contribution in [0.4, 0.5) is 0 Å². The number of ether oxygens (including phenoxy) is 1. The van der Waals surface area contributed by atoms with Crippen molar-refractivity contribution in [2.24, 2.45) is 0 Å². The van der Waals surface area contributed by atoms with Crippen molar-refractivity contribution in [1.82, 2.24) is 10.2 Å². The van der Waals surface area contributed by atoms with Gasteiger partial charge in [-0.05, 0) is 19.2 Å². The maximum absolute atomic E-state index is 11.6. The van der Waals surface area contributed by atoms with Crippen LogP contribution in [0.1, 0.15) is 12.2 Å². The predicted octanol–water partition coefficient (Wildman–Crippen LogP) is 0.391. The van der Waals surface area contributed by atoms with Gasteiger partial charge < -0.3 is 14.5 Å². The van der Waals surface area contributed by atoms with Crippen molar-refractivity contribution in [3.63, 3.8) is 0 Å². The van der Waals surface area contributed by atoms with Gasteiger partial charge in [0.2, 0.25) is 5.91 Å². The second kappa shape index (κ2) is 7.50. The van der Waals surface area contributed by atoms with Crippen LogP contribution in [0.15, 0.2) is 22.8 Å². The Morgan fingerprint density at radius 3 is 2.89 bits per heavy atom. The fourth-order valence-corrected chi connectivity index (χ4v) is 1.36. The van der Waals surface area contributed by atoms with E-state index in [1.807, 2.05) is 0 Å². The van der Waals surface area contributed by atoms with Crippen LogP contribution < -0.4 is 5.32 Å². The van der Waals surface area contributed by atoms with E-state index in [0.29, 0.717) is 18.8 Å². The van der Waals surface area contributed by atoms with Crippen LogP contribution in [0.5, 0.6) is 0 Å². The van der Waals surface area contributed by atoms with Crippen molar-refractivity contribution < 1.29 is 18.7 Å². The molecule has 0 spiro atoms. The highest BCUT2D eigenvalue weighted by atomic mass is 16.5. The van der Waals surface area contributed by atoms with Gasteiger partial charge in [0.15, 0.2) is 0 Å². The lowest BCUT2D eigenvalue weighted by atomic mass is 10.4. The number of esters is 1. The van der Waals surface area contributed by atoms with E-state index in [1.165, 1.54) is 7.11 Å². The van der Waals surface area contributed by atoms with E-state index in [-0.39, 0.29) is 24.8 Å². The normalized spacial score (nSPS) is 10.4. The molecule has 0 aromatic carbocycles. The summed E-state index contributed by atoms with van der Waals surface area (Å²) in [6.07, 6.45) is 1.84. The second-order valence-corrected chi connectivity index (χ2v) is 3.92. The lowest BCUT2D eigenvalue weighted by Gasteiger charge is -2.15. The third-order valence-electron chi connectivity index (χ3n) is 2.38. The van der Waals surface area contributed by atoms with Gasteiger partial charge in [0.05, 0.1) is 32.9 Å². The lowest BCUT2D eigenvalue weighted by Crippen LogP contribution is -2.35. The Bertz CT molecular complexity index is 375. The first-order chi connectivity index (χ1) is 8.61. The number of likely N-dealkylation sites (N-methyl/N-ethyl adjacent to an activating group) is 1. The van der Waals surface area contributed by atoms with Crippen molar-refractivity contribution in [1.29, 1.82) is 0 Å². The summed E-state index contributed by atoms with van der Waals surface area (Å²) in [6.45, 7) is 1.09. The van der Waals surface area contributed by atoms with Crippen LogP contribution in [0.3, 0.4) is 0 Å². The quantitative estimate of drug-likeness (QED) is 0.713. The minimum absolute atomic E-state index is 0.112. The maximum atomic E-state index is 11.6. The van der Waals surface area contributed by atoms with E-state index in [1.54, 1.807) is 30.3 Å². The van der Waals surface area contributed by atoms with Gasteiger partial charge >= 0.3 is 5.97 Å². The number of amides is 1. The number of nitrogens with one attached hydrogen (secondary N) is 1. The molecule has 0 saturated heterocycles. The average Bonchev–Trinajstić information content (AvgIpc) is 2.86. The van der Waals surface area contributed by atoms with Gasteiger partial charge in [-0.15, -0.1) is 0 Å². The van der Waals surface area contributed by atoms with Crippen molar-refractivity contribution in [3.05, 3.63) is 24.2 Å². The Labute approximate surface area is 106 Å². The summed E-state index contributed by atoms with van der Waals surface area (Å²) in [5.41, 5.74) is 0. The first-order valence-electron chi connectivity index (χ1n) is 5.66. The number of furan rings is 1. The number of carbonyl (C=O) groups excluding carboxylic acids is 2. The van der Waals surface area contributed by atoms with Crippen molar-refractivity contribution in [2.75, 3.05) is 27.2 Å². The SMILES string of the molecule is COC(=O)CCN(C)CC(=O)NCc1ccco1. The molecule has 0 aliphatic carbocycles. The summed E-state index contributed by atoms with van der Waals surface area (Å²) in [7, 11) is 3.12. The monoisotopic (exact) mass is 254 g/mol. The molecule has 6 nitrogen and oxygen atoms in total. The number of hydrogen-bond donors (Lipinski definition) is 1. The molecule has 18 heavy (non-hydrogen) atoms. The standard InChI is InChI=1S/C12H18N2O4/c1-14(6-5-12(16)17-2)9-11(15)13-8-10-4-3-7-18-10/h3-4,7H,5-6,8-9H2,1-2H3,(H,13,15). The molecule has 0 fully saturated rings. The maximum Gasteiger partial charge on any atom is 0.306 e. The lowest BCUT2D eigenvalue weighted by molar-refractivity contribution is -0.141. The van der Waals surface area contributed by atoms with Crippen LogP contribution >= 0.6 is 0 Å². The molecule has 0 unspecified atom stereocenters. The van der Waals surface area contributed by atoms with Gasteiger partial charge in [0.1, 0.15) is 5.76 Å². The largest absolute Gasteiger partial charge is 0.469 e. The van der Waals surface area contributed by atoms with Gasteiger partial charge in [0, 0.05) is 6.54 Å². The molecule has 100 valence electrons.